The fourth-order valence-electron chi connectivity index (χ4n) is 2.84. The third-order valence-corrected chi connectivity index (χ3v) is 3.98. The van der Waals surface area contributed by atoms with E-state index in [2.05, 4.69) is 16.0 Å². The Balaban J connectivity index is 1.87. The highest BCUT2D eigenvalue weighted by molar-refractivity contribution is 5.71. The van der Waals surface area contributed by atoms with E-state index in [1.165, 1.54) is 11.6 Å². The molecule has 3 aromatic rings. The first-order valence-electron chi connectivity index (χ1n) is 7.12. The first-order valence-corrected chi connectivity index (χ1v) is 7.12. The molecule has 2 nitrogen and oxygen atoms in total. The lowest BCUT2D eigenvalue weighted by atomic mass is 9.90. The smallest absolute Gasteiger partial charge is 0.159 e. The van der Waals surface area contributed by atoms with Crippen LogP contribution in [0.2, 0.25) is 0 Å². The van der Waals surface area contributed by atoms with Crippen LogP contribution in [0, 0.1) is 11.6 Å². The summed E-state index contributed by atoms with van der Waals surface area (Å²) in [6, 6.07) is 11.9. The maximum Gasteiger partial charge on any atom is 0.159 e. The Morgan fingerprint density at radius 2 is 1.68 bits per heavy atom. The molecule has 0 amide bonds. The number of aromatic nitrogens is 2. The topological polar surface area (TPSA) is 25.8 Å². The van der Waals surface area contributed by atoms with Crippen LogP contribution in [0.1, 0.15) is 11.1 Å². The monoisotopic (exact) mass is 294 g/mol. The van der Waals surface area contributed by atoms with Crippen molar-refractivity contribution in [2.24, 2.45) is 0 Å². The lowest BCUT2D eigenvalue weighted by molar-refractivity contribution is 0.509. The van der Waals surface area contributed by atoms with Gasteiger partial charge in [0.25, 0.3) is 0 Å². The van der Waals surface area contributed by atoms with Crippen LogP contribution in [0.3, 0.4) is 0 Å². The normalized spacial score (nSPS) is 12.6. The number of nitrogens with zero attached hydrogens (tertiary/aromatic N) is 2. The van der Waals surface area contributed by atoms with Gasteiger partial charge in [0.1, 0.15) is 0 Å². The van der Waals surface area contributed by atoms with Crippen LogP contribution in [-0.4, -0.2) is 9.97 Å². The summed E-state index contributed by atoms with van der Waals surface area (Å²) in [7, 11) is 0. The highest BCUT2D eigenvalue weighted by Gasteiger charge is 2.18. The molecular weight excluding hydrogens is 282 g/mol. The molecule has 0 spiro atoms. The molecule has 0 saturated carbocycles. The largest absolute Gasteiger partial charge is 0.236 e. The first-order chi connectivity index (χ1) is 10.7. The molecule has 0 atom stereocenters. The third kappa shape index (κ3) is 2.08. The van der Waals surface area contributed by atoms with Gasteiger partial charge in [-0.1, -0.05) is 24.3 Å². The number of hydrogen-bond acceptors (Lipinski definition) is 2. The Morgan fingerprint density at radius 3 is 2.55 bits per heavy atom. The molecule has 1 aliphatic rings. The standard InChI is InChI=1S/C18H12F2N2/c19-15-8-7-12(9-16(15)20)18-21-10-13-6-5-11-3-1-2-4-14(11)17(13)22-18/h1-4,7-10H,5-6H2. The van der Waals surface area contributed by atoms with E-state index in [1.807, 2.05) is 18.2 Å². The summed E-state index contributed by atoms with van der Waals surface area (Å²) in [6.45, 7) is 0. The van der Waals surface area contributed by atoms with E-state index in [0.717, 1.165) is 41.8 Å². The summed E-state index contributed by atoms with van der Waals surface area (Å²) in [5.41, 5.74) is 4.80. The highest BCUT2D eigenvalue weighted by Crippen LogP contribution is 2.32. The van der Waals surface area contributed by atoms with Gasteiger partial charge in [0.2, 0.25) is 0 Å². The van der Waals surface area contributed by atoms with E-state index in [9.17, 15) is 8.78 Å². The Hall–Kier alpha value is -2.62. The Morgan fingerprint density at radius 1 is 0.864 bits per heavy atom. The van der Waals surface area contributed by atoms with Crippen LogP contribution in [-0.2, 0) is 12.8 Å². The van der Waals surface area contributed by atoms with Crippen LogP contribution in [0.5, 0.6) is 0 Å². The van der Waals surface area contributed by atoms with Crippen LogP contribution in [0.25, 0.3) is 22.6 Å². The minimum absolute atomic E-state index is 0.411. The van der Waals surface area contributed by atoms with Crippen molar-refractivity contribution in [1.29, 1.82) is 0 Å². The van der Waals surface area contributed by atoms with Crippen molar-refractivity contribution in [3.63, 3.8) is 0 Å². The summed E-state index contributed by atoms with van der Waals surface area (Å²) >= 11 is 0. The van der Waals surface area contributed by atoms with Gasteiger partial charge < -0.3 is 0 Å². The number of fused-ring (bicyclic) bond motifs is 3. The predicted octanol–water partition coefficient (Wildman–Crippen LogP) is 4.19. The molecule has 4 heteroatoms. The van der Waals surface area contributed by atoms with E-state index in [1.54, 1.807) is 6.20 Å². The molecule has 0 aliphatic heterocycles. The van der Waals surface area contributed by atoms with Crippen molar-refractivity contribution in [3.05, 3.63) is 71.4 Å². The van der Waals surface area contributed by atoms with Gasteiger partial charge in [0.15, 0.2) is 17.5 Å². The van der Waals surface area contributed by atoms with Gasteiger partial charge >= 0.3 is 0 Å². The molecule has 1 aliphatic carbocycles. The SMILES string of the molecule is Fc1ccc(-c2ncc3c(n2)-c2ccccc2CC3)cc1F. The van der Waals surface area contributed by atoms with E-state index < -0.39 is 11.6 Å². The molecule has 0 N–H and O–H groups in total. The zero-order valence-corrected chi connectivity index (χ0v) is 11.7. The Kier molecular flexibility index (Phi) is 2.96. The molecule has 0 fully saturated rings. The van der Waals surface area contributed by atoms with Crippen LogP contribution in [0.4, 0.5) is 8.78 Å². The van der Waals surface area contributed by atoms with E-state index in [0.29, 0.717) is 11.4 Å². The molecule has 0 saturated heterocycles. The van der Waals surface area contributed by atoms with Gasteiger partial charge in [-0.15, -0.1) is 0 Å². The summed E-state index contributed by atoms with van der Waals surface area (Å²) in [6.07, 6.45) is 3.65. The molecule has 0 bridgehead atoms. The second-order valence-electron chi connectivity index (χ2n) is 5.35. The van der Waals surface area contributed by atoms with Crippen molar-refractivity contribution < 1.29 is 8.78 Å². The van der Waals surface area contributed by atoms with Crippen molar-refractivity contribution in [3.8, 4) is 22.6 Å². The van der Waals surface area contributed by atoms with E-state index in [-0.39, 0.29) is 0 Å². The molecular formula is C18H12F2N2. The van der Waals surface area contributed by atoms with Gasteiger partial charge in [-0.2, -0.15) is 0 Å². The lowest BCUT2D eigenvalue weighted by Crippen LogP contribution is -2.07. The Labute approximate surface area is 126 Å². The second-order valence-corrected chi connectivity index (χ2v) is 5.35. The molecule has 1 aromatic heterocycles. The predicted molar refractivity (Wildman–Crippen MR) is 80.2 cm³/mol. The maximum atomic E-state index is 13.4. The van der Waals surface area contributed by atoms with Crippen LogP contribution >= 0.6 is 0 Å². The average Bonchev–Trinajstić information content (AvgIpc) is 2.57. The zero-order chi connectivity index (χ0) is 15.1. The van der Waals surface area contributed by atoms with Gasteiger partial charge in [-0.05, 0) is 42.2 Å². The fourth-order valence-corrected chi connectivity index (χ4v) is 2.84. The van der Waals surface area contributed by atoms with Gasteiger partial charge in [0.05, 0.1) is 5.69 Å². The zero-order valence-electron chi connectivity index (χ0n) is 11.7. The number of rotatable bonds is 1. The van der Waals surface area contributed by atoms with Crippen LogP contribution in [0.15, 0.2) is 48.7 Å². The second kappa shape index (κ2) is 4.98. The fraction of sp³-hybridized carbons (Fsp3) is 0.111. The molecule has 22 heavy (non-hydrogen) atoms. The highest BCUT2D eigenvalue weighted by atomic mass is 19.2. The number of benzene rings is 2. The van der Waals surface area contributed by atoms with Crippen molar-refractivity contribution in [2.75, 3.05) is 0 Å². The lowest BCUT2D eigenvalue weighted by Gasteiger charge is -2.18. The Bertz CT molecular complexity index is 875. The molecule has 4 rings (SSSR count). The first kappa shape index (κ1) is 13.1. The van der Waals surface area contributed by atoms with Crippen LogP contribution < -0.4 is 0 Å². The van der Waals surface area contributed by atoms with Gasteiger partial charge in [-0.3, -0.25) is 0 Å². The minimum atomic E-state index is -0.890. The number of aryl methyl sites for hydroxylation is 2. The van der Waals surface area contributed by atoms with Gasteiger partial charge in [-0.25, -0.2) is 18.7 Å². The molecule has 2 aromatic carbocycles. The summed E-state index contributed by atoms with van der Waals surface area (Å²) in [4.78, 5) is 8.90. The average molecular weight is 294 g/mol. The molecule has 108 valence electrons. The van der Waals surface area contributed by atoms with Crippen molar-refractivity contribution in [2.45, 2.75) is 12.8 Å². The summed E-state index contributed by atoms with van der Waals surface area (Å²) in [5.74, 6) is -1.35. The quantitative estimate of drug-likeness (QED) is 0.672. The van der Waals surface area contributed by atoms with Gasteiger partial charge in [0, 0.05) is 17.3 Å². The maximum absolute atomic E-state index is 13.4. The summed E-state index contributed by atoms with van der Waals surface area (Å²) < 4.78 is 26.5. The van der Waals surface area contributed by atoms with Crippen molar-refractivity contribution in [1.82, 2.24) is 9.97 Å². The molecule has 0 radical (unpaired) electrons. The third-order valence-electron chi connectivity index (χ3n) is 3.98. The van der Waals surface area contributed by atoms with E-state index >= 15 is 0 Å². The minimum Gasteiger partial charge on any atom is -0.236 e. The van der Waals surface area contributed by atoms with E-state index in [4.69, 9.17) is 0 Å². The molecule has 1 heterocycles. The molecule has 0 unspecified atom stereocenters. The van der Waals surface area contributed by atoms with Crippen molar-refractivity contribution >= 4 is 0 Å². The summed E-state index contributed by atoms with van der Waals surface area (Å²) in [5, 5.41) is 0. The number of hydrogen-bond donors (Lipinski definition) is 0. The number of halogens is 2.